The molecule has 21 heavy (non-hydrogen) atoms. The smallest absolute Gasteiger partial charge is 0.230 e. The zero-order valence-electron chi connectivity index (χ0n) is 12.4. The molecular formula is C16H21N3O2. The van der Waals surface area contributed by atoms with E-state index in [4.69, 9.17) is 0 Å². The Morgan fingerprint density at radius 1 is 1.33 bits per heavy atom. The molecule has 1 aromatic rings. The van der Waals surface area contributed by atoms with Gasteiger partial charge in [0.05, 0.1) is 11.8 Å². The van der Waals surface area contributed by atoms with Crippen LogP contribution in [0.2, 0.25) is 0 Å². The molecule has 112 valence electrons. The van der Waals surface area contributed by atoms with Crippen molar-refractivity contribution in [3.8, 4) is 0 Å². The molecule has 5 nitrogen and oxygen atoms in total. The van der Waals surface area contributed by atoms with Crippen LogP contribution in [-0.4, -0.2) is 53.3 Å². The van der Waals surface area contributed by atoms with Gasteiger partial charge in [0.2, 0.25) is 11.8 Å². The molecule has 0 N–H and O–H groups in total. The predicted octanol–water partition coefficient (Wildman–Crippen LogP) is 1.09. The second-order valence-corrected chi connectivity index (χ2v) is 6.17. The summed E-state index contributed by atoms with van der Waals surface area (Å²) in [6.07, 6.45) is 4.71. The van der Waals surface area contributed by atoms with Gasteiger partial charge in [0.25, 0.3) is 0 Å². The van der Waals surface area contributed by atoms with E-state index < -0.39 is 0 Å². The van der Waals surface area contributed by atoms with Gasteiger partial charge in [-0.3, -0.25) is 14.6 Å². The summed E-state index contributed by atoms with van der Waals surface area (Å²) in [5.41, 5.74) is 0.462. The highest BCUT2D eigenvalue weighted by molar-refractivity contribution is 5.86. The number of hydrogen-bond donors (Lipinski definition) is 0. The second-order valence-electron chi connectivity index (χ2n) is 6.17. The first-order chi connectivity index (χ1) is 10.1. The van der Waals surface area contributed by atoms with Gasteiger partial charge in [-0.05, 0) is 31.4 Å². The van der Waals surface area contributed by atoms with Gasteiger partial charge in [-0.25, -0.2) is 0 Å². The fraction of sp³-hybridized carbons (Fsp3) is 0.562. The Hall–Kier alpha value is -1.91. The van der Waals surface area contributed by atoms with Crippen LogP contribution in [0, 0.1) is 5.41 Å². The van der Waals surface area contributed by atoms with Crippen molar-refractivity contribution in [2.75, 3.05) is 26.7 Å². The van der Waals surface area contributed by atoms with Crippen LogP contribution in [0.15, 0.2) is 24.4 Å². The lowest BCUT2D eigenvalue weighted by Gasteiger charge is -2.38. The molecule has 1 atom stereocenters. The van der Waals surface area contributed by atoms with Crippen LogP contribution in [0.1, 0.15) is 25.0 Å². The van der Waals surface area contributed by atoms with Gasteiger partial charge >= 0.3 is 0 Å². The van der Waals surface area contributed by atoms with E-state index in [1.165, 1.54) is 0 Å². The largest absolute Gasteiger partial charge is 0.345 e. The van der Waals surface area contributed by atoms with E-state index in [9.17, 15) is 9.59 Å². The normalized spacial score (nSPS) is 25.7. The van der Waals surface area contributed by atoms with Gasteiger partial charge in [-0.2, -0.15) is 0 Å². The Bertz CT molecular complexity index is 542. The lowest BCUT2D eigenvalue weighted by molar-refractivity contribution is -0.142. The standard InChI is InChI=1S/C16H21N3O2/c1-18-10-7-16(15(18)21)6-4-9-19(12-16)14(20)11-13-5-2-3-8-17-13/h2-3,5,8H,4,6-7,9-12H2,1H3/t16-/m1/s1. The van der Waals surface area contributed by atoms with E-state index in [-0.39, 0.29) is 17.2 Å². The lowest BCUT2D eigenvalue weighted by Crippen LogP contribution is -2.49. The summed E-state index contributed by atoms with van der Waals surface area (Å²) in [5.74, 6) is 0.285. The van der Waals surface area contributed by atoms with E-state index in [1.54, 1.807) is 11.1 Å². The van der Waals surface area contributed by atoms with Crippen LogP contribution in [0.25, 0.3) is 0 Å². The molecule has 0 bridgehead atoms. The van der Waals surface area contributed by atoms with Crippen LogP contribution in [0.4, 0.5) is 0 Å². The van der Waals surface area contributed by atoms with Crippen molar-refractivity contribution in [1.82, 2.24) is 14.8 Å². The predicted molar refractivity (Wildman–Crippen MR) is 78.4 cm³/mol. The summed E-state index contributed by atoms with van der Waals surface area (Å²) in [6.45, 7) is 2.13. The molecule has 5 heteroatoms. The molecule has 2 fully saturated rings. The van der Waals surface area contributed by atoms with E-state index >= 15 is 0 Å². The van der Waals surface area contributed by atoms with Crippen molar-refractivity contribution >= 4 is 11.8 Å². The van der Waals surface area contributed by atoms with Crippen molar-refractivity contribution < 1.29 is 9.59 Å². The molecule has 2 saturated heterocycles. The fourth-order valence-corrected chi connectivity index (χ4v) is 3.49. The third-order valence-corrected chi connectivity index (χ3v) is 4.71. The third kappa shape index (κ3) is 2.64. The molecule has 0 radical (unpaired) electrons. The molecule has 0 unspecified atom stereocenters. The molecule has 1 spiro atoms. The van der Waals surface area contributed by atoms with Crippen LogP contribution < -0.4 is 0 Å². The Morgan fingerprint density at radius 3 is 2.86 bits per heavy atom. The lowest BCUT2D eigenvalue weighted by atomic mass is 9.78. The first kappa shape index (κ1) is 14.0. The van der Waals surface area contributed by atoms with Gasteiger partial charge in [0, 0.05) is 38.6 Å². The summed E-state index contributed by atoms with van der Waals surface area (Å²) in [4.78, 5) is 32.7. The summed E-state index contributed by atoms with van der Waals surface area (Å²) in [7, 11) is 1.85. The number of piperidine rings is 1. The summed E-state index contributed by atoms with van der Waals surface area (Å²) >= 11 is 0. The van der Waals surface area contributed by atoms with Gasteiger partial charge in [-0.15, -0.1) is 0 Å². The number of carbonyl (C=O) groups excluding carboxylic acids is 2. The SMILES string of the molecule is CN1CC[C@@]2(CCCN(C(=O)Cc3ccccn3)C2)C1=O. The molecule has 2 amide bonds. The van der Waals surface area contributed by atoms with E-state index in [0.717, 1.165) is 38.0 Å². The number of likely N-dealkylation sites (tertiary alicyclic amines) is 2. The van der Waals surface area contributed by atoms with E-state index in [1.807, 2.05) is 30.1 Å². The van der Waals surface area contributed by atoms with E-state index in [2.05, 4.69) is 4.98 Å². The minimum Gasteiger partial charge on any atom is -0.345 e. The quantitative estimate of drug-likeness (QED) is 0.818. The van der Waals surface area contributed by atoms with Crippen LogP contribution in [0.5, 0.6) is 0 Å². The molecule has 0 aromatic carbocycles. The zero-order valence-corrected chi connectivity index (χ0v) is 12.4. The molecule has 0 aliphatic carbocycles. The van der Waals surface area contributed by atoms with Crippen molar-refractivity contribution in [2.45, 2.75) is 25.7 Å². The van der Waals surface area contributed by atoms with Crippen molar-refractivity contribution in [1.29, 1.82) is 0 Å². The maximum atomic E-state index is 12.5. The molecule has 0 saturated carbocycles. The third-order valence-electron chi connectivity index (χ3n) is 4.71. The first-order valence-electron chi connectivity index (χ1n) is 7.54. The van der Waals surface area contributed by atoms with Crippen molar-refractivity contribution in [3.05, 3.63) is 30.1 Å². The summed E-state index contributed by atoms with van der Waals surface area (Å²) in [5, 5.41) is 0. The van der Waals surface area contributed by atoms with E-state index in [0.29, 0.717) is 13.0 Å². The van der Waals surface area contributed by atoms with Gasteiger partial charge < -0.3 is 9.80 Å². The highest BCUT2D eigenvalue weighted by Gasteiger charge is 2.48. The highest BCUT2D eigenvalue weighted by Crippen LogP contribution is 2.39. The maximum Gasteiger partial charge on any atom is 0.230 e. The topological polar surface area (TPSA) is 53.5 Å². The average Bonchev–Trinajstić information content (AvgIpc) is 2.77. The molecule has 2 aliphatic rings. The number of rotatable bonds is 2. The number of amides is 2. The minimum absolute atomic E-state index is 0.0788. The average molecular weight is 287 g/mol. The Morgan fingerprint density at radius 2 is 2.19 bits per heavy atom. The molecular weight excluding hydrogens is 266 g/mol. The van der Waals surface area contributed by atoms with Crippen molar-refractivity contribution in [3.63, 3.8) is 0 Å². The van der Waals surface area contributed by atoms with Gasteiger partial charge in [0.1, 0.15) is 0 Å². The van der Waals surface area contributed by atoms with Crippen LogP contribution in [0.3, 0.4) is 0 Å². The molecule has 3 rings (SSSR count). The molecule has 2 aliphatic heterocycles. The van der Waals surface area contributed by atoms with Crippen LogP contribution >= 0.6 is 0 Å². The number of carbonyl (C=O) groups is 2. The highest BCUT2D eigenvalue weighted by atomic mass is 16.2. The summed E-state index contributed by atoms with van der Waals surface area (Å²) < 4.78 is 0. The fourth-order valence-electron chi connectivity index (χ4n) is 3.49. The number of pyridine rings is 1. The van der Waals surface area contributed by atoms with Gasteiger partial charge in [-0.1, -0.05) is 6.07 Å². The molecule has 1 aromatic heterocycles. The maximum absolute atomic E-state index is 12.5. The first-order valence-corrected chi connectivity index (χ1v) is 7.54. The zero-order chi connectivity index (χ0) is 14.9. The number of aromatic nitrogens is 1. The summed E-state index contributed by atoms with van der Waals surface area (Å²) in [6, 6.07) is 5.60. The number of hydrogen-bond acceptors (Lipinski definition) is 3. The van der Waals surface area contributed by atoms with Crippen molar-refractivity contribution in [2.24, 2.45) is 5.41 Å². The van der Waals surface area contributed by atoms with Crippen LogP contribution in [-0.2, 0) is 16.0 Å². The Labute approximate surface area is 124 Å². The minimum atomic E-state index is -0.327. The monoisotopic (exact) mass is 287 g/mol. The molecule has 3 heterocycles. The number of nitrogens with zero attached hydrogens (tertiary/aromatic N) is 3. The second kappa shape index (κ2) is 5.47. The Kier molecular flexibility index (Phi) is 3.66. The van der Waals surface area contributed by atoms with Gasteiger partial charge in [0.15, 0.2) is 0 Å². The Balaban J connectivity index is 1.69.